The van der Waals surface area contributed by atoms with Crippen LogP contribution in [0.1, 0.15) is 77.0 Å². The van der Waals surface area contributed by atoms with Gasteiger partial charge in [0.2, 0.25) is 0 Å². The second-order valence-corrected chi connectivity index (χ2v) is 17.3. The van der Waals surface area contributed by atoms with Crippen LogP contribution in [-0.4, -0.2) is 25.2 Å². The Bertz CT molecular complexity index is 227. The predicted molar refractivity (Wildman–Crippen MR) is 104 cm³/mol. The van der Waals surface area contributed by atoms with Crippen molar-refractivity contribution < 1.29 is 14.5 Å². The van der Waals surface area contributed by atoms with Crippen molar-refractivity contribution in [3.8, 4) is 0 Å². The molecule has 4 unspecified atom stereocenters. The standard InChI is InChI=1S/2C9H16N.2BrH.Pt/c2*1-2-6-9-8(4-1)5-3-7-10-9;;;/h2*8-9H,1-7H2;2*1H;/q2*-1;;;+4/p-2. The van der Waals surface area contributed by atoms with Gasteiger partial charge >= 0.3 is 41.0 Å². The molecule has 4 atom stereocenters. The van der Waals surface area contributed by atoms with Gasteiger partial charge in [-0.15, -0.1) is 25.2 Å². The molecule has 4 rings (SSSR count). The van der Waals surface area contributed by atoms with Gasteiger partial charge in [0.15, 0.2) is 0 Å². The van der Waals surface area contributed by atoms with Crippen LogP contribution in [0.5, 0.6) is 0 Å². The second kappa shape index (κ2) is 12.8. The number of piperidine rings is 2. The molecule has 0 spiro atoms. The summed E-state index contributed by atoms with van der Waals surface area (Å²) in [6.45, 7) is 2.31. The molecule has 0 bridgehead atoms. The normalized spacial score (nSPS) is 36.4. The van der Waals surface area contributed by atoms with Crippen molar-refractivity contribution in [3.05, 3.63) is 10.6 Å². The Labute approximate surface area is 164 Å². The summed E-state index contributed by atoms with van der Waals surface area (Å²) in [5.74, 6) is 1.98. The summed E-state index contributed by atoms with van der Waals surface area (Å²) >= 11 is 6.56. The van der Waals surface area contributed by atoms with Gasteiger partial charge in [0.1, 0.15) is 0 Å². The zero-order valence-corrected chi connectivity index (χ0v) is 19.6. The molecule has 23 heavy (non-hydrogen) atoms. The third-order valence-electron chi connectivity index (χ3n) is 5.93. The maximum absolute atomic E-state index is 4.65. The molecule has 0 aromatic rings. The van der Waals surface area contributed by atoms with Crippen LogP contribution in [0.2, 0.25) is 0 Å². The van der Waals surface area contributed by atoms with Crippen LogP contribution in [0, 0.1) is 11.8 Å². The summed E-state index contributed by atoms with van der Waals surface area (Å²) < 4.78 is 0. The number of rotatable bonds is 0. The molecule has 2 aliphatic carbocycles. The molecule has 2 saturated carbocycles. The van der Waals surface area contributed by atoms with Crippen LogP contribution in [0.3, 0.4) is 0 Å². The summed E-state index contributed by atoms with van der Waals surface area (Å²) in [5, 5.41) is 9.30. The van der Waals surface area contributed by atoms with E-state index in [-0.39, 0.29) is 14.5 Å². The van der Waals surface area contributed by atoms with Crippen LogP contribution in [0.15, 0.2) is 0 Å². The summed E-state index contributed by atoms with van der Waals surface area (Å²) in [4.78, 5) is 0. The van der Waals surface area contributed by atoms with Crippen LogP contribution in [0.25, 0.3) is 10.6 Å². The molecule has 4 aliphatic rings. The first-order valence-corrected chi connectivity index (χ1v) is 19.4. The van der Waals surface area contributed by atoms with E-state index in [1.54, 1.807) is 0 Å². The summed E-state index contributed by atoms with van der Waals surface area (Å²) in [6, 6.07) is 1.56. The molecule has 0 N–H and O–H groups in total. The van der Waals surface area contributed by atoms with Crippen molar-refractivity contribution in [2.24, 2.45) is 11.8 Å². The number of nitrogens with zero attached hydrogens (tertiary/aromatic N) is 2. The van der Waals surface area contributed by atoms with Crippen molar-refractivity contribution in [2.45, 2.75) is 89.1 Å². The van der Waals surface area contributed by atoms with Gasteiger partial charge in [-0.05, 0) is 0 Å². The van der Waals surface area contributed by atoms with E-state index in [9.17, 15) is 0 Å². The molecular weight excluding hydrogens is 599 g/mol. The fraction of sp³-hybridized carbons (Fsp3) is 1.00. The van der Waals surface area contributed by atoms with Crippen molar-refractivity contribution >= 4 is 26.6 Å². The van der Waals surface area contributed by atoms with E-state index < -0.39 is 0 Å². The van der Waals surface area contributed by atoms with Gasteiger partial charge in [0.05, 0.1) is 0 Å². The van der Waals surface area contributed by atoms with Gasteiger partial charge in [0.25, 0.3) is 0 Å². The van der Waals surface area contributed by atoms with Crippen molar-refractivity contribution in [3.63, 3.8) is 0 Å². The SMILES string of the molecule is C1CCC2[N-]CCCC2C1.C1CCC2[N-]CCCC2C1.[Br][Pt+2][Br]. The van der Waals surface area contributed by atoms with Crippen molar-refractivity contribution in [1.29, 1.82) is 0 Å². The Morgan fingerprint density at radius 3 is 1.30 bits per heavy atom. The van der Waals surface area contributed by atoms with Gasteiger partial charge in [-0.25, -0.2) is 0 Å². The van der Waals surface area contributed by atoms with E-state index in [2.05, 4.69) is 37.2 Å². The van der Waals surface area contributed by atoms with Crippen LogP contribution in [-0.2, 0) is 14.5 Å². The van der Waals surface area contributed by atoms with E-state index >= 15 is 0 Å². The summed E-state index contributed by atoms with van der Waals surface area (Å²) in [6.07, 6.45) is 17.2. The molecule has 2 heterocycles. The average molecular weight is 631 g/mol. The van der Waals surface area contributed by atoms with Crippen LogP contribution >= 0.6 is 26.6 Å². The quantitative estimate of drug-likeness (QED) is 0.273. The Morgan fingerprint density at radius 2 is 0.913 bits per heavy atom. The zero-order valence-electron chi connectivity index (χ0n) is 14.2. The van der Waals surface area contributed by atoms with E-state index in [4.69, 9.17) is 0 Å². The first-order valence-electron chi connectivity index (χ1n) is 9.50. The molecule has 0 radical (unpaired) electrons. The minimum atomic E-state index is 0.208. The van der Waals surface area contributed by atoms with Gasteiger partial charge in [-0.2, -0.15) is 0 Å². The minimum absolute atomic E-state index is 0.208. The van der Waals surface area contributed by atoms with Gasteiger partial charge in [-0.1, -0.05) is 88.9 Å². The van der Waals surface area contributed by atoms with Crippen molar-refractivity contribution in [1.82, 2.24) is 0 Å². The molecule has 138 valence electrons. The number of hydrogen-bond acceptors (Lipinski definition) is 0. The number of halogens is 2. The summed E-state index contributed by atoms with van der Waals surface area (Å²) in [5.41, 5.74) is 0. The molecule has 0 amide bonds. The van der Waals surface area contributed by atoms with E-state index in [0.29, 0.717) is 0 Å². The summed E-state index contributed by atoms with van der Waals surface area (Å²) in [7, 11) is 0. The first kappa shape index (κ1) is 20.9. The molecule has 2 nitrogen and oxygen atoms in total. The number of hydrogen-bond donors (Lipinski definition) is 0. The first-order chi connectivity index (χ1) is 11.3. The van der Waals surface area contributed by atoms with Crippen LogP contribution < -0.4 is 0 Å². The molecule has 5 heteroatoms. The zero-order chi connectivity index (χ0) is 16.3. The fourth-order valence-electron chi connectivity index (χ4n) is 4.75. The maximum atomic E-state index is 4.65. The van der Waals surface area contributed by atoms with E-state index in [1.807, 2.05) is 0 Å². The average Bonchev–Trinajstić information content (AvgIpc) is 2.63. The predicted octanol–water partition coefficient (Wildman–Crippen LogP) is 7.11. The van der Waals surface area contributed by atoms with Gasteiger partial charge in [-0.3, -0.25) is 0 Å². The van der Waals surface area contributed by atoms with Gasteiger partial charge in [0, 0.05) is 0 Å². The van der Waals surface area contributed by atoms with Gasteiger partial charge < -0.3 is 10.6 Å². The Kier molecular flexibility index (Phi) is 11.7. The number of fused-ring (bicyclic) bond motifs is 2. The molecule has 2 aliphatic heterocycles. The molecule has 0 aromatic heterocycles. The Hall–Kier alpha value is 1.57. The Balaban J connectivity index is 0.000000143. The van der Waals surface area contributed by atoms with Crippen LogP contribution in [0.4, 0.5) is 0 Å². The second-order valence-electron chi connectivity index (χ2n) is 7.37. The molecule has 4 fully saturated rings. The third kappa shape index (κ3) is 7.77. The third-order valence-corrected chi connectivity index (χ3v) is 5.93. The molecule has 2 saturated heterocycles. The topological polar surface area (TPSA) is 28.2 Å². The molecule has 0 aromatic carbocycles. The monoisotopic (exact) mass is 629 g/mol. The molecular formula is C18H32Br2N2Pt. The fourth-order valence-corrected chi connectivity index (χ4v) is 4.75. The van der Waals surface area contributed by atoms with Crippen molar-refractivity contribution in [2.75, 3.05) is 13.1 Å². The van der Waals surface area contributed by atoms with E-state index in [0.717, 1.165) is 37.0 Å². The van der Waals surface area contributed by atoms with E-state index in [1.165, 1.54) is 77.0 Å². The Morgan fingerprint density at radius 1 is 0.565 bits per heavy atom.